The minimum atomic E-state index is -0.483. The molecule has 1 aliphatic carbocycles. The summed E-state index contributed by atoms with van der Waals surface area (Å²) in [6.07, 6.45) is 2.33. The molecule has 1 aromatic heterocycles. The lowest BCUT2D eigenvalue weighted by molar-refractivity contribution is -0.124. The molecule has 1 N–H and O–H groups in total. The summed E-state index contributed by atoms with van der Waals surface area (Å²) in [5.74, 6) is 0.825. The summed E-state index contributed by atoms with van der Waals surface area (Å²) in [4.78, 5) is 12.8. The first-order valence-corrected chi connectivity index (χ1v) is 7.32. The van der Waals surface area contributed by atoms with Crippen molar-refractivity contribution in [3.8, 4) is 5.75 Å². The molecule has 116 valence electrons. The number of amides is 1. The number of nitrogens with zero attached hydrogens (tertiary/aromatic N) is 1. The Labute approximate surface area is 129 Å². The van der Waals surface area contributed by atoms with E-state index in [4.69, 9.17) is 9.26 Å². The fourth-order valence-corrected chi connectivity index (χ4v) is 3.16. The van der Waals surface area contributed by atoms with Gasteiger partial charge in [-0.1, -0.05) is 31.1 Å². The van der Waals surface area contributed by atoms with Gasteiger partial charge in [-0.25, -0.2) is 0 Å². The highest BCUT2D eigenvalue weighted by Gasteiger charge is 2.66. The molecular weight excluding hydrogens is 280 g/mol. The van der Waals surface area contributed by atoms with Crippen molar-refractivity contribution >= 4 is 5.91 Å². The van der Waals surface area contributed by atoms with Crippen molar-refractivity contribution in [1.82, 2.24) is 10.5 Å². The Bertz CT molecular complexity index is 662. The van der Waals surface area contributed by atoms with Crippen LogP contribution in [0.3, 0.4) is 0 Å². The van der Waals surface area contributed by atoms with Crippen LogP contribution in [0.2, 0.25) is 0 Å². The minimum Gasteiger partial charge on any atom is -0.497 e. The summed E-state index contributed by atoms with van der Waals surface area (Å²) < 4.78 is 9.98. The molecule has 5 heteroatoms. The third kappa shape index (κ3) is 2.26. The maximum Gasteiger partial charge on any atom is 0.231 e. The Kier molecular flexibility index (Phi) is 3.43. The first-order valence-electron chi connectivity index (χ1n) is 7.32. The van der Waals surface area contributed by atoms with E-state index < -0.39 is 5.41 Å². The topological polar surface area (TPSA) is 64.4 Å². The molecule has 1 heterocycles. The van der Waals surface area contributed by atoms with Crippen LogP contribution in [0.4, 0.5) is 0 Å². The van der Waals surface area contributed by atoms with Crippen LogP contribution in [0.15, 0.2) is 41.1 Å². The van der Waals surface area contributed by atoms with Gasteiger partial charge in [-0.2, -0.15) is 0 Å². The zero-order chi connectivity index (χ0) is 15.8. The number of ether oxygens (including phenoxy) is 1. The van der Waals surface area contributed by atoms with E-state index in [0.717, 1.165) is 23.4 Å². The third-order valence-electron chi connectivity index (χ3n) is 4.63. The van der Waals surface area contributed by atoms with Gasteiger partial charge in [0.1, 0.15) is 17.7 Å². The lowest BCUT2D eigenvalue weighted by atomic mass is 9.87. The quantitative estimate of drug-likeness (QED) is 0.922. The Morgan fingerprint density at radius 2 is 2.00 bits per heavy atom. The van der Waals surface area contributed by atoms with E-state index in [0.29, 0.717) is 6.54 Å². The van der Waals surface area contributed by atoms with Crippen LogP contribution in [0.1, 0.15) is 31.5 Å². The number of carbonyl (C=O) groups is 1. The van der Waals surface area contributed by atoms with Crippen molar-refractivity contribution in [1.29, 1.82) is 0 Å². The van der Waals surface area contributed by atoms with Gasteiger partial charge in [-0.15, -0.1) is 0 Å². The summed E-state index contributed by atoms with van der Waals surface area (Å²) in [6, 6.07) is 9.50. The fourth-order valence-electron chi connectivity index (χ4n) is 3.16. The highest BCUT2D eigenvalue weighted by atomic mass is 16.5. The zero-order valence-electron chi connectivity index (χ0n) is 13.1. The fraction of sp³-hybridized carbons (Fsp3) is 0.412. The Balaban J connectivity index is 1.81. The van der Waals surface area contributed by atoms with Crippen LogP contribution in [0.25, 0.3) is 0 Å². The van der Waals surface area contributed by atoms with Crippen LogP contribution in [0.5, 0.6) is 5.75 Å². The van der Waals surface area contributed by atoms with Gasteiger partial charge >= 0.3 is 0 Å². The number of methoxy groups -OCH3 is 1. The van der Waals surface area contributed by atoms with Gasteiger partial charge in [0.25, 0.3) is 0 Å². The SMILES string of the molecule is COc1ccc([C@@]2(C(=O)NCc3ccon3)CC2(C)C)cc1. The molecule has 1 amide bonds. The second-order valence-electron chi connectivity index (χ2n) is 6.37. The number of hydrogen-bond acceptors (Lipinski definition) is 4. The van der Waals surface area contributed by atoms with Crippen molar-refractivity contribution in [2.75, 3.05) is 7.11 Å². The summed E-state index contributed by atoms with van der Waals surface area (Å²) >= 11 is 0. The summed E-state index contributed by atoms with van der Waals surface area (Å²) in [5, 5.41) is 6.79. The average Bonchev–Trinajstić information content (AvgIpc) is 2.90. The van der Waals surface area contributed by atoms with Gasteiger partial charge in [0.2, 0.25) is 5.91 Å². The van der Waals surface area contributed by atoms with Crippen molar-refractivity contribution in [3.05, 3.63) is 47.9 Å². The molecule has 1 fully saturated rings. The van der Waals surface area contributed by atoms with Crippen molar-refractivity contribution in [3.63, 3.8) is 0 Å². The molecule has 0 radical (unpaired) electrons. The van der Waals surface area contributed by atoms with Gasteiger partial charge in [-0.3, -0.25) is 4.79 Å². The van der Waals surface area contributed by atoms with E-state index in [1.807, 2.05) is 24.3 Å². The predicted octanol–water partition coefficient (Wildman–Crippen LogP) is 2.67. The second-order valence-corrected chi connectivity index (χ2v) is 6.37. The van der Waals surface area contributed by atoms with Crippen LogP contribution in [-0.4, -0.2) is 18.2 Å². The lowest BCUT2D eigenvalue weighted by Crippen LogP contribution is -2.37. The Morgan fingerprint density at radius 1 is 1.32 bits per heavy atom. The lowest BCUT2D eigenvalue weighted by Gasteiger charge is -2.20. The van der Waals surface area contributed by atoms with E-state index in [-0.39, 0.29) is 11.3 Å². The van der Waals surface area contributed by atoms with Crippen molar-refractivity contribution in [2.24, 2.45) is 5.41 Å². The van der Waals surface area contributed by atoms with Gasteiger partial charge in [-0.05, 0) is 29.5 Å². The number of carbonyl (C=O) groups excluding carboxylic acids is 1. The zero-order valence-corrected chi connectivity index (χ0v) is 13.1. The Morgan fingerprint density at radius 3 is 2.50 bits per heavy atom. The number of aromatic nitrogens is 1. The molecule has 0 aliphatic heterocycles. The molecule has 0 saturated heterocycles. The number of rotatable bonds is 5. The van der Waals surface area contributed by atoms with Gasteiger partial charge in [0.15, 0.2) is 0 Å². The molecule has 3 rings (SSSR count). The molecule has 0 unspecified atom stereocenters. The van der Waals surface area contributed by atoms with E-state index >= 15 is 0 Å². The van der Waals surface area contributed by atoms with Crippen molar-refractivity contribution < 1.29 is 14.1 Å². The average molecular weight is 300 g/mol. The van der Waals surface area contributed by atoms with E-state index in [1.165, 1.54) is 6.26 Å². The predicted molar refractivity (Wildman–Crippen MR) is 81.4 cm³/mol. The van der Waals surface area contributed by atoms with E-state index in [2.05, 4.69) is 24.3 Å². The molecule has 1 aliphatic rings. The summed E-state index contributed by atoms with van der Waals surface area (Å²) in [5.41, 5.74) is 1.20. The second kappa shape index (κ2) is 5.16. The van der Waals surface area contributed by atoms with Crippen LogP contribution in [-0.2, 0) is 16.8 Å². The monoisotopic (exact) mass is 300 g/mol. The molecule has 2 aromatic rings. The summed E-state index contributed by atoms with van der Waals surface area (Å²) in [7, 11) is 1.64. The standard InChI is InChI=1S/C17H20N2O3/c1-16(2)11-17(16,12-4-6-14(21-3)7-5-12)15(20)18-10-13-8-9-22-19-13/h4-9H,10-11H2,1-3H3,(H,18,20)/t17-/m1/s1. The molecule has 0 bridgehead atoms. The molecule has 1 aromatic carbocycles. The van der Waals surface area contributed by atoms with Crippen LogP contribution >= 0.6 is 0 Å². The normalized spacial score (nSPS) is 22.1. The number of benzene rings is 1. The van der Waals surface area contributed by atoms with Crippen LogP contribution < -0.4 is 10.1 Å². The maximum absolute atomic E-state index is 12.8. The molecule has 1 atom stereocenters. The Hall–Kier alpha value is -2.30. The molecule has 22 heavy (non-hydrogen) atoms. The van der Waals surface area contributed by atoms with Crippen LogP contribution in [0, 0.1) is 5.41 Å². The third-order valence-corrected chi connectivity index (χ3v) is 4.63. The number of nitrogens with one attached hydrogen (secondary N) is 1. The van der Waals surface area contributed by atoms with Gasteiger partial charge in [0, 0.05) is 6.07 Å². The van der Waals surface area contributed by atoms with E-state index in [1.54, 1.807) is 13.2 Å². The molecule has 1 saturated carbocycles. The smallest absolute Gasteiger partial charge is 0.231 e. The molecular formula is C17H20N2O3. The highest BCUT2D eigenvalue weighted by Crippen LogP contribution is 2.64. The first kappa shape index (κ1) is 14.6. The molecule has 0 spiro atoms. The number of hydrogen-bond donors (Lipinski definition) is 1. The molecule has 5 nitrogen and oxygen atoms in total. The van der Waals surface area contributed by atoms with E-state index in [9.17, 15) is 4.79 Å². The highest BCUT2D eigenvalue weighted by molar-refractivity contribution is 5.93. The summed E-state index contributed by atoms with van der Waals surface area (Å²) in [6.45, 7) is 4.61. The maximum atomic E-state index is 12.8. The first-order chi connectivity index (χ1) is 10.5. The van der Waals surface area contributed by atoms with Crippen molar-refractivity contribution in [2.45, 2.75) is 32.2 Å². The van der Waals surface area contributed by atoms with Gasteiger partial charge < -0.3 is 14.6 Å². The van der Waals surface area contributed by atoms with Gasteiger partial charge in [0.05, 0.1) is 19.1 Å². The largest absolute Gasteiger partial charge is 0.497 e. The minimum absolute atomic E-state index is 0.0330.